The van der Waals surface area contributed by atoms with Crippen molar-refractivity contribution in [2.45, 2.75) is 25.8 Å². The van der Waals surface area contributed by atoms with Gasteiger partial charge in [0.2, 0.25) is 0 Å². The zero-order valence-corrected chi connectivity index (χ0v) is 12.6. The van der Waals surface area contributed by atoms with Crippen LogP contribution < -0.4 is 10.1 Å². The van der Waals surface area contributed by atoms with Gasteiger partial charge in [-0.05, 0) is 58.9 Å². The van der Waals surface area contributed by atoms with Crippen LogP contribution in [0, 0.1) is 12.8 Å². The molecule has 0 saturated carbocycles. The molecule has 0 aliphatic carbocycles. The molecule has 3 nitrogen and oxygen atoms in total. The van der Waals surface area contributed by atoms with E-state index in [1.165, 1.54) is 24.0 Å². The summed E-state index contributed by atoms with van der Waals surface area (Å²) in [6.07, 6.45) is 2.47. The van der Waals surface area contributed by atoms with E-state index in [1.807, 2.05) is 0 Å². The van der Waals surface area contributed by atoms with Crippen LogP contribution >= 0.6 is 0 Å². The fourth-order valence-electron chi connectivity index (χ4n) is 3.20. The van der Waals surface area contributed by atoms with Crippen LogP contribution in [0.25, 0.3) is 0 Å². The third-order valence-electron chi connectivity index (χ3n) is 4.09. The van der Waals surface area contributed by atoms with Crippen molar-refractivity contribution in [3.05, 3.63) is 29.3 Å². The van der Waals surface area contributed by atoms with Crippen LogP contribution in [0.2, 0.25) is 0 Å². The number of hydrogen-bond donors (Lipinski definition) is 1. The molecule has 1 saturated heterocycles. The average Bonchev–Trinajstić information content (AvgIpc) is 2.40. The van der Waals surface area contributed by atoms with Crippen molar-refractivity contribution in [3.8, 4) is 5.75 Å². The van der Waals surface area contributed by atoms with Crippen LogP contribution in [0.4, 0.5) is 0 Å². The van der Waals surface area contributed by atoms with Gasteiger partial charge in [-0.25, -0.2) is 0 Å². The largest absolute Gasteiger partial charge is 0.496 e. The van der Waals surface area contributed by atoms with Gasteiger partial charge in [-0.15, -0.1) is 0 Å². The topological polar surface area (TPSA) is 24.5 Å². The van der Waals surface area contributed by atoms with Crippen molar-refractivity contribution in [2.24, 2.45) is 5.92 Å². The normalized spacial score (nSPS) is 18.6. The molecule has 1 unspecified atom stereocenters. The number of nitrogens with zero attached hydrogens (tertiary/aromatic N) is 1. The molecule has 3 heteroatoms. The maximum atomic E-state index is 5.58. The van der Waals surface area contributed by atoms with Crippen LogP contribution in [-0.4, -0.2) is 39.2 Å². The molecular weight excluding hydrogens is 236 g/mol. The second-order valence-corrected chi connectivity index (χ2v) is 5.74. The summed E-state index contributed by atoms with van der Waals surface area (Å²) in [6.45, 7) is 4.41. The van der Waals surface area contributed by atoms with Crippen molar-refractivity contribution >= 4 is 0 Å². The van der Waals surface area contributed by atoms with Crippen molar-refractivity contribution in [1.82, 2.24) is 10.2 Å². The number of nitrogens with one attached hydrogen (secondary N) is 1. The van der Waals surface area contributed by atoms with Crippen LogP contribution in [0.3, 0.4) is 0 Å². The van der Waals surface area contributed by atoms with E-state index >= 15 is 0 Å². The maximum absolute atomic E-state index is 5.58. The second-order valence-electron chi connectivity index (χ2n) is 5.74. The number of ether oxygens (including phenoxy) is 1. The Morgan fingerprint density at radius 3 is 2.53 bits per heavy atom. The van der Waals surface area contributed by atoms with Crippen LogP contribution in [0.1, 0.15) is 30.0 Å². The number of aryl methyl sites for hydroxylation is 1. The molecule has 1 heterocycles. The van der Waals surface area contributed by atoms with Gasteiger partial charge < -0.3 is 15.0 Å². The van der Waals surface area contributed by atoms with Gasteiger partial charge in [0.05, 0.1) is 7.11 Å². The molecule has 1 fully saturated rings. The Balaban J connectivity index is 2.34. The summed E-state index contributed by atoms with van der Waals surface area (Å²) in [5.74, 6) is 1.72. The minimum atomic E-state index is 0.442. The standard InChI is InChI=1S/C16H26N2O/c1-12-5-6-15(19-4)14(11-12)16(18(2)3)13-7-9-17-10-8-13/h5-6,11,13,16-17H,7-10H2,1-4H3. The van der Waals surface area contributed by atoms with Gasteiger partial charge in [-0.2, -0.15) is 0 Å². The predicted molar refractivity (Wildman–Crippen MR) is 79.8 cm³/mol. The zero-order chi connectivity index (χ0) is 13.8. The van der Waals surface area contributed by atoms with Gasteiger partial charge in [0.15, 0.2) is 0 Å². The highest BCUT2D eigenvalue weighted by Gasteiger charge is 2.28. The van der Waals surface area contributed by atoms with Crippen molar-refractivity contribution in [1.29, 1.82) is 0 Å². The monoisotopic (exact) mass is 262 g/mol. The second kappa shape index (κ2) is 6.40. The van der Waals surface area contributed by atoms with Crippen LogP contribution in [0.15, 0.2) is 18.2 Å². The minimum absolute atomic E-state index is 0.442. The molecule has 0 spiro atoms. The van der Waals surface area contributed by atoms with E-state index in [-0.39, 0.29) is 0 Å². The molecule has 106 valence electrons. The molecule has 2 rings (SSSR count). The number of benzene rings is 1. The van der Waals surface area contributed by atoms with E-state index in [0.29, 0.717) is 12.0 Å². The molecule has 0 amide bonds. The van der Waals surface area contributed by atoms with Crippen molar-refractivity contribution in [3.63, 3.8) is 0 Å². The molecule has 1 atom stereocenters. The lowest BCUT2D eigenvalue weighted by Crippen LogP contribution is -2.36. The van der Waals surface area contributed by atoms with Gasteiger partial charge in [-0.1, -0.05) is 17.7 Å². The SMILES string of the molecule is COc1ccc(C)cc1C(C1CCNCC1)N(C)C. The van der Waals surface area contributed by atoms with E-state index in [0.717, 1.165) is 18.8 Å². The van der Waals surface area contributed by atoms with Crippen LogP contribution in [-0.2, 0) is 0 Å². The fourth-order valence-corrected chi connectivity index (χ4v) is 3.20. The average molecular weight is 262 g/mol. The Hall–Kier alpha value is -1.06. The quantitative estimate of drug-likeness (QED) is 0.902. The van der Waals surface area contributed by atoms with E-state index in [4.69, 9.17) is 4.74 Å². The molecule has 1 aliphatic rings. The van der Waals surface area contributed by atoms with E-state index in [2.05, 4.69) is 49.4 Å². The van der Waals surface area contributed by atoms with E-state index in [9.17, 15) is 0 Å². The summed E-state index contributed by atoms with van der Waals surface area (Å²) >= 11 is 0. The highest BCUT2D eigenvalue weighted by atomic mass is 16.5. The van der Waals surface area contributed by atoms with Crippen molar-refractivity contribution < 1.29 is 4.74 Å². The molecular formula is C16H26N2O. The highest BCUT2D eigenvalue weighted by Crippen LogP contribution is 2.37. The Morgan fingerprint density at radius 2 is 1.95 bits per heavy atom. The lowest BCUT2D eigenvalue weighted by Gasteiger charge is -2.36. The minimum Gasteiger partial charge on any atom is -0.496 e. The lowest BCUT2D eigenvalue weighted by atomic mass is 9.84. The Bertz CT molecular complexity index is 411. The number of piperidine rings is 1. The molecule has 19 heavy (non-hydrogen) atoms. The summed E-state index contributed by atoms with van der Waals surface area (Å²) in [5, 5.41) is 3.45. The smallest absolute Gasteiger partial charge is 0.123 e. The Labute approximate surface area is 116 Å². The van der Waals surface area contributed by atoms with Gasteiger partial charge >= 0.3 is 0 Å². The molecule has 0 aromatic heterocycles. The van der Waals surface area contributed by atoms with E-state index in [1.54, 1.807) is 7.11 Å². The number of methoxy groups -OCH3 is 1. The van der Waals surface area contributed by atoms with Gasteiger partial charge in [0, 0.05) is 11.6 Å². The summed E-state index contributed by atoms with van der Waals surface area (Å²) in [5.41, 5.74) is 2.64. The Kier molecular flexibility index (Phi) is 4.83. The molecule has 1 aliphatic heterocycles. The lowest BCUT2D eigenvalue weighted by molar-refractivity contribution is 0.174. The maximum Gasteiger partial charge on any atom is 0.123 e. The highest BCUT2D eigenvalue weighted by molar-refractivity contribution is 5.39. The summed E-state index contributed by atoms with van der Waals surface area (Å²) in [6, 6.07) is 6.95. The first-order chi connectivity index (χ1) is 9.13. The third-order valence-corrected chi connectivity index (χ3v) is 4.09. The van der Waals surface area contributed by atoms with Gasteiger partial charge in [-0.3, -0.25) is 0 Å². The summed E-state index contributed by atoms with van der Waals surface area (Å²) in [4.78, 5) is 2.34. The molecule has 0 radical (unpaired) electrons. The van der Waals surface area contributed by atoms with Gasteiger partial charge in [0.25, 0.3) is 0 Å². The van der Waals surface area contributed by atoms with Crippen molar-refractivity contribution in [2.75, 3.05) is 34.3 Å². The number of rotatable bonds is 4. The third kappa shape index (κ3) is 3.28. The first kappa shape index (κ1) is 14.4. The molecule has 0 bridgehead atoms. The number of hydrogen-bond acceptors (Lipinski definition) is 3. The van der Waals surface area contributed by atoms with E-state index < -0.39 is 0 Å². The molecule has 1 N–H and O–H groups in total. The Morgan fingerprint density at radius 1 is 1.26 bits per heavy atom. The zero-order valence-electron chi connectivity index (χ0n) is 12.6. The fraction of sp³-hybridized carbons (Fsp3) is 0.625. The summed E-state index contributed by atoms with van der Waals surface area (Å²) in [7, 11) is 6.12. The molecule has 1 aromatic carbocycles. The van der Waals surface area contributed by atoms with Crippen LogP contribution in [0.5, 0.6) is 5.75 Å². The molecule has 1 aromatic rings. The first-order valence-electron chi connectivity index (χ1n) is 7.15. The van der Waals surface area contributed by atoms with Gasteiger partial charge in [0.1, 0.15) is 5.75 Å². The predicted octanol–water partition coefficient (Wildman–Crippen LogP) is 2.61. The first-order valence-corrected chi connectivity index (χ1v) is 7.15. The summed E-state index contributed by atoms with van der Waals surface area (Å²) < 4.78 is 5.58.